The summed E-state index contributed by atoms with van der Waals surface area (Å²) < 4.78 is 26.1. The molecule has 1 aromatic rings. The fourth-order valence-corrected chi connectivity index (χ4v) is 4.30. The summed E-state index contributed by atoms with van der Waals surface area (Å²) in [4.78, 5) is 40.7. The van der Waals surface area contributed by atoms with E-state index in [4.69, 9.17) is 20.9 Å². The summed E-state index contributed by atoms with van der Waals surface area (Å²) in [5, 5.41) is 21.6. The van der Waals surface area contributed by atoms with Crippen LogP contribution in [0.1, 0.15) is 56.3 Å². The van der Waals surface area contributed by atoms with E-state index in [-0.39, 0.29) is 51.3 Å². The molecule has 2 rings (SSSR count). The number of amides is 3. The highest BCUT2D eigenvalue weighted by Crippen LogP contribution is 2.16. The van der Waals surface area contributed by atoms with Crippen molar-refractivity contribution in [1.29, 1.82) is 0 Å². The van der Waals surface area contributed by atoms with Gasteiger partial charge in [-0.05, 0) is 43.7 Å². The van der Waals surface area contributed by atoms with Gasteiger partial charge in [0.05, 0.1) is 18.2 Å². The van der Waals surface area contributed by atoms with E-state index in [1.807, 2.05) is 13.8 Å². The molecule has 0 saturated carbocycles. The van der Waals surface area contributed by atoms with E-state index in [9.17, 15) is 29.0 Å². The fourth-order valence-electron chi connectivity index (χ4n) is 4.30. The zero-order valence-corrected chi connectivity index (χ0v) is 23.5. The van der Waals surface area contributed by atoms with Crippen LogP contribution < -0.4 is 11.5 Å². The number of aliphatic hydroxyl groups is 2. The van der Waals surface area contributed by atoms with Gasteiger partial charge in [0.25, 0.3) is 5.91 Å². The molecule has 1 aromatic carbocycles. The fraction of sp³-hybridized carbons (Fsp3) is 0.679. The van der Waals surface area contributed by atoms with Crippen molar-refractivity contribution < 1.29 is 38.5 Å². The predicted molar refractivity (Wildman–Crippen MR) is 147 cm³/mol. The first-order valence-corrected chi connectivity index (χ1v) is 13.9. The number of carbonyl (C=O) groups excluding carboxylic acids is 3. The van der Waals surface area contributed by atoms with Gasteiger partial charge < -0.3 is 41.0 Å². The largest absolute Gasteiger partial charge is 0.388 e. The number of hydrogen-bond donors (Lipinski definition) is 4. The van der Waals surface area contributed by atoms with Crippen LogP contribution in [0.5, 0.6) is 0 Å². The molecule has 11 nitrogen and oxygen atoms in total. The Labute approximate surface area is 235 Å². The lowest BCUT2D eigenvalue weighted by atomic mass is 10.1. The Morgan fingerprint density at radius 3 is 2.48 bits per heavy atom. The van der Waals surface area contributed by atoms with Crippen LogP contribution in [0.25, 0.3) is 0 Å². The van der Waals surface area contributed by atoms with E-state index in [1.165, 1.54) is 28.0 Å². The Balaban J connectivity index is 2.36. The minimum atomic E-state index is -1.38. The molecular formula is C28H45FN4O7. The molecule has 40 heavy (non-hydrogen) atoms. The zero-order valence-electron chi connectivity index (χ0n) is 23.5. The van der Waals surface area contributed by atoms with Crippen LogP contribution in [-0.2, 0) is 19.1 Å². The highest BCUT2D eigenvalue weighted by molar-refractivity contribution is 5.94. The first-order valence-electron chi connectivity index (χ1n) is 13.9. The number of hydrogen-bond acceptors (Lipinski definition) is 8. The zero-order chi connectivity index (χ0) is 29.7. The second-order valence-corrected chi connectivity index (χ2v) is 10.6. The summed E-state index contributed by atoms with van der Waals surface area (Å²) in [6.07, 6.45) is -1.81. The summed E-state index contributed by atoms with van der Waals surface area (Å²) in [6, 6.07) is 4.60. The van der Waals surface area contributed by atoms with Gasteiger partial charge in [-0.2, -0.15) is 0 Å². The van der Waals surface area contributed by atoms with Crippen LogP contribution in [0.15, 0.2) is 24.3 Å². The predicted octanol–water partition coefficient (Wildman–Crippen LogP) is 0.653. The standard InChI is InChI=1S/C28H45FN4O7/c1-19(2)11-16-40-24-17-33(27(37)20-7-3-4-8-21(20)29)14-13-32(28(38)22(30)9-10-25(31)35)12-5-6-15-39-18-23(34)26(24)36/h3-4,7-8,19,22-24,26,34,36H,5-6,9-18,30H2,1-2H3,(H2,31,35)/t22-,23+,24+,26+/m0/s1. The average molecular weight is 569 g/mol. The minimum Gasteiger partial charge on any atom is -0.388 e. The lowest BCUT2D eigenvalue weighted by molar-refractivity contribution is -0.134. The summed E-state index contributed by atoms with van der Waals surface area (Å²) >= 11 is 0. The van der Waals surface area contributed by atoms with Crippen LogP contribution in [-0.4, -0.2) is 108 Å². The minimum absolute atomic E-state index is 0.00912. The number of primary amides is 1. The number of ether oxygens (including phenoxy) is 2. The number of carbonyl (C=O) groups is 3. The van der Waals surface area contributed by atoms with Gasteiger partial charge >= 0.3 is 0 Å². The third kappa shape index (κ3) is 11.1. The Morgan fingerprint density at radius 1 is 1.10 bits per heavy atom. The monoisotopic (exact) mass is 568 g/mol. The summed E-state index contributed by atoms with van der Waals surface area (Å²) in [5.41, 5.74) is 11.1. The summed E-state index contributed by atoms with van der Waals surface area (Å²) in [6.45, 7) is 4.67. The van der Waals surface area contributed by atoms with Crippen molar-refractivity contribution >= 4 is 17.7 Å². The van der Waals surface area contributed by atoms with Gasteiger partial charge in [-0.25, -0.2) is 4.39 Å². The molecule has 0 unspecified atom stereocenters. The van der Waals surface area contributed by atoms with Gasteiger partial charge in [0.15, 0.2) is 0 Å². The highest BCUT2D eigenvalue weighted by atomic mass is 19.1. The van der Waals surface area contributed by atoms with Gasteiger partial charge in [-0.3, -0.25) is 14.4 Å². The second-order valence-electron chi connectivity index (χ2n) is 10.6. The Hall–Kier alpha value is -2.64. The molecule has 0 aliphatic carbocycles. The van der Waals surface area contributed by atoms with Crippen LogP contribution in [0.2, 0.25) is 0 Å². The van der Waals surface area contributed by atoms with Crippen LogP contribution >= 0.6 is 0 Å². The maximum atomic E-state index is 14.6. The van der Waals surface area contributed by atoms with Crippen molar-refractivity contribution in [2.75, 3.05) is 46.0 Å². The van der Waals surface area contributed by atoms with Crippen LogP contribution in [0.3, 0.4) is 0 Å². The van der Waals surface area contributed by atoms with Crippen molar-refractivity contribution in [1.82, 2.24) is 9.80 Å². The third-order valence-electron chi connectivity index (χ3n) is 6.82. The average Bonchev–Trinajstić information content (AvgIpc) is 2.91. The maximum Gasteiger partial charge on any atom is 0.256 e. The number of benzene rings is 1. The van der Waals surface area contributed by atoms with Crippen LogP contribution in [0.4, 0.5) is 4.39 Å². The van der Waals surface area contributed by atoms with Crippen LogP contribution in [0, 0.1) is 11.7 Å². The number of rotatable bonds is 9. The normalized spacial score (nSPS) is 22.5. The van der Waals surface area contributed by atoms with Crippen molar-refractivity contribution in [3.05, 3.63) is 35.6 Å². The Bertz CT molecular complexity index is 951. The Morgan fingerprint density at radius 2 is 1.80 bits per heavy atom. The Kier molecular flexibility index (Phi) is 14.5. The SMILES string of the molecule is CC(C)CCO[C@@H]1CN(C(=O)c2ccccc2F)CCN(C(=O)[C@@H](N)CCC(N)=O)CCCCOC[C@@H](O)[C@H]1O. The van der Waals surface area contributed by atoms with Crippen molar-refractivity contribution in [2.45, 2.75) is 70.3 Å². The van der Waals surface area contributed by atoms with E-state index in [1.54, 1.807) is 6.07 Å². The van der Waals surface area contributed by atoms with E-state index < -0.39 is 47.9 Å². The summed E-state index contributed by atoms with van der Waals surface area (Å²) in [5.74, 6) is -2.00. The molecule has 1 fully saturated rings. The first kappa shape index (κ1) is 33.6. The molecular weight excluding hydrogens is 523 g/mol. The molecule has 3 amide bonds. The second kappa shape index (κ2) is 17.2. The maximum absolute atomic E-state index is 14.6. The molecule has 1 heterocycles. The topological polar surface area (TPSA) is 169 Å². The van der Waals surface area contributed by atoms with Gasteiger partial charge in [0.2, 0.25) is 11.8 Å². The molecule has 1 aliphatic heterocycles. The number of aliphatic hydroxyl groups excluding tert-OH is 2. The molecule has 0 bridgehead atoms. The highest BCUT2D eigenvalue weighted by Gasteiger charge is 2.32. The number of nitrogens with zero attached hydrogens (tertiary/aromatic N) is 2. The van der Waals surface area contributed by atoms with Crippen molar-refractivity contribution in [3.63, 3.8) is 0 Å². The molecule has 1 saturated heterocycles. The quantitative estimate of drug-likeness (QED) is 0.337. The molecule has 4 atom stereocenters. The van der Waals surface area contributed by atoms with Crippen molar-refractivity contribution in [3.8, 4) is 0 Å². The van der Waals surface area contributed by atoms with E-state index in [0.29, 0.717) is 38.3 Å². The molecule has 12 heteroatoms. The molecule has 0 radical (unpaired) electrons. The smallest absolute Gasteiger partial charge is 0.256 e. The van der Waals surface area contributed by atoms with Gasteiger partial charge in [0.1, 0.15) is 24.1 Å². The lowest BCUT2D eigenvalue weighted by Gasteiger charge is -2.34. The first-order chi connectivity index (χ1) is 19.0. The van der Waals surface area contributed by atoms with E-state index >= 15 is 0 Å². The summed E-state index contributed by atoms with van der Waals surface area (Å²) in [7, 11) is 0. The molecule has 1 aliphatic rings. The number of halogens is 1. The van der Waals surface area contributed by atoms with Gasteiger partial charge in [0, 0.05) is 45.8 Å². The van der Waals surface area contributed by atoms with E-state index in [0.717, 1.165) is 0 Å². The molecule has 226 valence electrons. The van der Waals surface area contributed by atoms with Gasteiger partial charge in [-0.15, -0.1) is 0 Å². The molecule has 6 N–H and O–H groups in total. The lowest BCUT2D eigenvalue weighted by Crippen LogP contribution is -2.52. The number of nitrogens with two attached hydrogens (primary N) is 2. The third-order valence-corrected chi connectivity index (χ3v) is 6.82. The van der Waals surface area contributed by atoms with Gasteiger partial charge in [-0.1, -0.05) is 26.0 Å². The molecule has 0 spiro atoms. The van der Waals surface area contributed by atoms with E-state index in [2.05, 4.69) is 0 Å². The van der Waals surface area contributed by atoms with Crippen molar-refractivity contribution in [2.24, 2.45) is 17.4 Å². The molecule has 0 aromatic heterocycles.